The lowest BCUT2D eigenvalue weighted by Crippen LogP contribution is -1.91. The van der Waals surface area contributed by atoms with Crippen LogP contribution < -0.4 is 0 Å². The maximum absolute atomic E-state index is 8.72. The molecule has 0 fully saturated rings. The smallest absolute Gasteiger partial charge is 0.388 e. The Balaban J connectivity index is 0.000000247. The van der Waals surface area contributed by atoms with Crippen molar-refractivity contribution in [2.75, 3.05) is 0 Å². The molecule has 0 amide bonds. The van der Waals surface area contributed by atoms with Gasteiger partial charge in [0.2, 0.25) is 10.8 Å². The summed E-state index contributed by atoms with van der Waals surface area (Å²) in [5, 5.41) is 34.2. The van der Waals surface area contributed by atoms with Crippen molar-refractivity contribution in [2.24, 2.45) is 20.5 Å². The van der Waals surface area contributed by atoms with Crippen LogP contribution in [0.1, 0.15) is 22.3 Å². The van der Waals surface area contributed by atoms with Crippen molar-refractivity contribution in [3.05, 3.63) is 117 Å². The van der Waals surface area contributed by atoms with Crippen molar-refractivity contribution in [3.63, 3.8) is 0 Å². The van der Waals surface area contributed by atoms with E-state index in [-0.39, 0.29) is 0 Å². The molecule has 0 bridgehead atoms. The van der Waals surface area contributed by atoms with Gasteiger partial charge in [-0.2, -0.15) is 20.5 Å². The highest BCUT2D eigenvalue weighted by atomic mass is 32.3. The number of diazo groups is 2. The summed E-state index contributed by atoms with van der Waals surface area (Å²) in [6.45, 7) is 7.71. The van der Waals surface area contributed by atoms with E-state index in [0.717, 1.165) is 45.0 Å². The van der Waals surface area contributed by atoms with Gasteiger partial charge in [-0.3, -0.25) is 8.42 Å². The van der Waals surface area contributed by atoms with E-state index < -0.39 is 10.4 Å². The van der Waals surface area contributed by atoms with Crippen molar-refractivity contribution in [2.45, 2.75) is 27.7 Å². The van der Waals surface area contributed by atoms with E-state index in [1.54, 1.807) is 24.3 Å². The summed E-state index contributed by atoms with van der Waals surface area (Å²) in [4.78, 5) is 6.34. The summed E-state index contributed by atoms with van der Waals surface area (Å²) < 4.78 is 34.1. The van der Waals surface area contributed by atoms with E-state index in [1.165, 1.54) is 0 Å². The van der Waals surface area contributed by atoms with Crippen LogP contribution in [-0.2, 0) is 10.4 Å². The number of hydrogen-bond acceptors (Lipinski definition) is 10. The fraction of sp³-hybridized carbons (Fsp3) is 0.143. The maximum Gasteiger partial charge on any atom is 0.388 e. The molecule has 0 aliphatic rings. The van der Waals surface area contributed by atoms with Gasteiger partial charge < -0.3 is 9.11 Å². The fourth-order valence-corrected chi connectivity index (χ4v) is 3.20. The Morgan fingerprint density at radius 1 is 0.561 bits per heavy atom. The molecule has 0 aromatic heterocycles. The van der Waals surface area contributed by atoms with Gasteiger partial charge in [0.05, 0.1) is 22.7 Å². The highest BCUT2D eigenvalue weighted by molar-refractivity contribution is 7.79. The SMILES string of the molecule is Cc1ccccc1N=Nc1ccc([N+]#N)c(C)c1.Cc1ccccc1N=Nc1ccc([N+]#N)c(C)c1.O=S(=O)([O-])[O-]. The monoisotopic (exact) mass is 570 g/mol. The van der Waals surface area contributed by atoms with Gasteiger partial charge in [-0.05, 0) is 75.2 Å². The molecule has 0 heterocycles. The summed E-state index contributed by atoms with van der Waals surface area (Å²) in [6, 6.07) is 26.2. The summed E-state index contributed by atoms with van der Waals surface area (Å²) in [7, 11) is -5.17. The van der Waals surface area contributed by atoms with Crippen molar-refractivity contribution in [3.8, 4) is 0 Å². The quantitative estimate of drug-likeness (QED) is 0.102. The Morgan fingerprint density at radius 3 is 1.20 bits per heavy atom. The Hall–Kier alpha value is -5.21. The van der Waals surface area contributed by atoms with Gasteiger partial charge in [0.25, 0.3) is 0 Å². The standard InChI is InChI=1S/2C14H13N4.H2O4S/c2*1-10-5-3-4-6-14(10)18-17-12-7-8-13(16-15)11(2)9-12;1-5(2,3)4/h2*3-9H,1-2H3;(H2,1,2,3,4)/q2*+1;/p-2. The number of azo groups is 2. The molecule has 0 unspecified atom stereocenters. The van der Waals surface area contributed by atoms with Crippen molar-refractivity contribution < 1.29 is 17.5 Å². The minimum absolute atomic E-state index is 0.546. The van der Waals surface area contributed by atoms with Gasteiger partial charge in [0, 0.05) is 33.7 Å². The second-order valence-corrected chi connectivity index (χ2v) is 9.34. The molecule has 208 valence electrons. The third kappa shape index (κ3) is 11.6. The first kappa shape index (κ1) is 32.0. The molecule has 4 aromatic rings. The predicted molar refractivity (Wildman–Crippen MR) is 153 cm³/mol. The highest BCUT2D eigenvalue weighted by Gasteiger charge is 2.10. The zero-order chi connectivity index (χ0) is 30.4. The molecule has 4 aromatic carbocycles. The predicted octanol–water partition coefficient (Wildman–Crippen LogP) is 9.07. The number of hydrogen-bond donors (Lipinski definition) is 0. The minimum Gasteiger partial charge on any atom is -0.759 e. The molecular weight excluding hydrogens is 544 g/mol. The van der Waals surface area contributed by atoms with Gasteiger partial charge in [-0.25, -0.2) is 0 Å². The van der Waals surface area contributed by atoms with Gasteiger partial charge in [0.15, 0.2) is 9.95 Å². The normalized spacial score (nSPS) is 10.6. The van der Waals surface area contributed by atoms with Gasteiger partial charge in [-0.1, -0.05) is 36.4 Å². The molecule has 4 rings (SSSR count). The zero-order valence-corrected chi connectivity index (χ0v) is 23.5. The Labute approximate surface area is 238 Å². The number of nitrogens with zero attached hydrogens (tertiary/aromatic N) is 8. The summed E-state index contributed by atoms with van der Waals surface area (Å²) in [5.74, 6) is 0. The molecule has 0 radical (unpaired) electrons. The molecule has 0 saturated heterocycles. The van der Waals surface area contributed by atoms with Crippen LogP contribution in [0.2, 0.25) is 0 Å². The average Bonchev–Trinajstić information content (AvgIpc) is 2.92. The zero-order valence-electron chi connectivity index (χ0n) is 22.7. The summed E-state index contributed by atoms with van der Waals surface area (Å²) >= 11 is 0. The van der Waals surface area contributed by atoms with E-state index in [2.05, 4.69) is 30.4 Å². The molecule has 0 spiro atoms. The number of rotatable bonds is 4. The second-order valence-electron chi connectivity index (χ2n) is 8.52. The molecule has 0 saturated carbocycles. The van der Waals surface area contributed by atoms with E-state index in [0.29, 0.717) is 11.4 Å². The molecule has 13 heteroatoms. The van der Waals surface area contributed by atoms with Crippen molar-refractivity contribution in [1.29, 1.82) is 10.8 Å². The van der Waals surface area contributed by atoms with E-state index in [4.69, 9.17) is 28.3 Å². The molecule has 0 atom stereocenters. The molecule has 41 heavy (non-hydrogen) atoms. The molecule has 0 N–H and O–H groups in total. The van der Waals surface area contributed by atoms with Crippen LogP contribution in [0.3, 0.4) is 0 Å². The van der Waals surface area contributed by atoms with Crippen molar-refractivity contribution in [1.82, 2.24) is 0 Å². The molecule has 0 aliphatic heterocycles. The topological polar surface area (TPSA) is 186 Å². The fourth-order valence-electron chi connectivity index (χ4n) is 3.20. The summed E-state index contributed by atoms with van der Waals surface area (Å²) in [6.07, 6.45) is 0. The van der Waals surface area contributed by atoms with Crippen LogP contribution in [0.4, 0.5) is 34.1 Å². The van der Waals surface area contributed by atoms with Gasteiger partial charge >= 0.3 is 11.4 Å². The first-order chi connectivity index (χ1) is 19.4. The number of benzene rings is 4. The van der Waals surface area contributed by atoms with Gasteiger partial charge in [-0.15, -0.1) is 0 Å². The number of aryl methyl sites for hydroxylation is 4. The Bertz CT molecular complexity index is 1630. The van der Waals surface area contributed by atoms with E-state index in [1.807, 2.05) is 88.4 Å². The average molecular weight is 571 g/mol. The Morgan fingerprint density at radius 2 is 0.902 bits per heavy atom. The second kappa shape index (κ2) is 15.4. The molecule has 0 aliphatic carbocycles. The molecular formula is C28H26N8O4S. The molecule has 12 nitrogen and oxygen atoms in total. The third-order valence-corrected chi connectivity index (χ3v) is 5.35. The van der Waals surface area contributed by atoms with Crippen LogP contribution in [0.15, 0.2) is 105 Å². The van der Waals surface area contributed by atoms with Crippen molar-refractivity contribution >= 4 is 44.5 Å². The maximum atomic E-state index is 8.72. The van der Waals surface area contributed by atoms with Crippen LogP contribution in [-0.4, -0.2) is 17.5 Å². The minimum atomic E-state index is -5.17. The lowest BCUT2D eigenvalue weighted by Gasteiger charge is -2.06. The van der Waals surface area contributed by atoms with E-state index in [9.17, 15) is 0 Å². The lowest BCUT2D eigenvalue weighted by molar-refractivity contribution is 0.352. The third-order valence-electron chi connectivity index (χ3n) is 5.35. The highest BCUT2D eigenvalue weighted by Crippen LogP contribution is 2.27. The van der Waals surface area contributed by atoms with Gasteiger partial charge in [0.1, 0.15) is 0 Å². The lowest BCUT2D eigenvalue weighted by atomic mass is 10.2. The summed E-state index contributed by atoms with van der Waals surface area (Å²) in [5.41, 5.74) is 8.16. The van der Waals surface area contributed by atoms with Crippen LogP contribution >= 0.6 is 0 Å². The first-order valence-corrected chi connectivity index (χ1v) is 13.3. The van der Waals surface area contributed by atoms with E-state index >= 15 is 0 Å². The van der Waals surface area contributed by atoms with Crippen LogP contribution in [0, 0.1) is 38.5 Å². The van der Waals surface area contributed by atoms with Crippen LogP contribution in [0.5, 0.6) is 0 Å². The largest absolute Gasteiger partial charge is 0.759 e. The van der Waals surface area contributed by atoms with Crippen LogP contribution in [0.25, 0.3) is 9.95 Å². The first-order valence-electron chi connectivity index (χ1n) is 11.9. The Kier molecular flexibility index (Phi) is 12.0.